The fourth-order valence-corrected chi connectivity index (χ4v) is 7.08. The minimum atomic E-state index is -5.11. The number of anilines is 2. The Hall–Kier alpha value is -6.86. The van der Waals surface area contributed by atoms with E-state index in [-0.39, 0.29) is 47.4 Å². The lowest BCUT2D eigenvalue weighted by molar-refractivity contribution is -0.173. The van der Waals surface area contributed by atoms with Crippen molar-refractivity contribution < 1.29 is 58.7 Å². The summed E-state index contributed by atoms with van der Waals surface area (Å²) in [5.41, 5.74) is 1.38. The lowest BCUT2D eigenvalue weighted by Crippen LogP contribution is -2.45. The smallest absolute Gasteiger partial charge is 0.413 e. The number of hydrogen-bond acceptors (Lipinski definition) is 7. The zero-order valence-electron chi connectivity index (χ0n) is 34.7. The summed E-state index contributed by atoms with van der Waals surface area (Å²) in [7, 11) is 0. The first kappa shape index (κ1) is 47.6. The number of nitrogens with one attached hydrogen (secondary N) is 1. The molecular weight excluding hydrogens is 871 g/mol. The Kier molecular flexibility index (Phi) is 15.5. The van der Waals surface area contributed by atoms with Crippen LogP contribution in [0.5, 0.6) is 0 Å². The van der Waals surface area contributed by atoms with E-state index in [0.717, 1.165) is 50.7 Å². The number of carbonyl (C=O) groups excluding carboxylic acids is 4. The standard InChI is InChI=1S/C23H23F4N3O3.C22H20F4N4O2/c24-19-13-16(20(31)14-28-21(32)23(25,26)27)9-10-17(19)15-30(18-7-3-1-4-8-18)22(33)29-11-5-2-6-12-29;23-18-13-15(19-27-28-20(32-19)22(24,25)26)9-10-16(18)14-30(17-7-3-1-4-8-17)21(31)29-11-5-2-6-12-29/h1,3-4,7-10,13H,2,5-6,11-12,14-15H2,(H,28,32);1,3-4,7-10,13H,2,5-6,11-12,14H2. The van der Waals surface area contributed by atoms with E-state index in [4.69, 9.17) is 0 Å². The highest BCUT2D eigenvalue weighted by molar-refractivity contribution is 6.00. The second-order valence-electron chi connectivity index (χ2n) is 15.1. The van der Waals surface area contributed by atoms with Gasteiger partial charge in [-0.1, -0.05) is 54.6 Å². The third kappa shape index (κ3) is 12.7. The molecule has 1 aromatic heterocycles. The predicted molar refractivity (Wildman–Crippen MR) is 221 cm³/mol. The van der Waals surface area contributed by atoms with E-state index in [9.17, 15) is 54.3 Å². The molecule has 2 aliphatic rings. The van der Waals surface area contributed by atoms with Crippen LogP contribution in [-0.2, 0) is 24.1 Å². The summed E-state index contributed by atoms with van der Waals surface area (Å²) >= 11 is 0. The Bertz CT molecular complexity index is 2420. The Labute approximate surface area is 367 Å². The quantitative estimate of drug-likeness (QED) is 0.109. The fraction of sp³-hybridized carbons (Fsp3) is 0.333. The number of alkyl halides is 6. The first-order valence-electron chi connectivity index (χ1n) is 20.6. The van der Waals surface area contributed by atoms with Crippen molar-refractivity contribution in [2.45, 2.75) is 64.0 Å². The van der Waals surface area contributed by atoms with Gasteiger partial charge in [0.05, 0.1) is 19.6 Å². The lowest BCUT2D eigenvalue weighted by atomic mass is 10.1. The topological polar surface area (TPSA) is 132 Å². The first-order chi connectivity index (χ1) is 31.0. The molecule has 2 fully saturated rings. The monoisotopic (exact) mass is 913 g/mol. The van der Waals surface area contributed by atoms with Gasteiger partial charge in [0.1, 0.15) is 11.6 Å². The number of hydrogen-bond donors (Lipinski definition) is 1. The number of rotatable bonds is 10. The van der Waals surface area contributed by atoms with Gasteiger partial charge in [0, 0.05) is 59.8 Å². The van der Waals surface area contributed by atoms with Crippen molar-refractivity contribution in [2.75, 3.05) is 42.5 Å². The highest BCUT2D eigenvalue weighted by atomic mass is 19.4. The largest absolute Gasteiger partial charge is 0.471 e. The van der Waals surface area contributed by atoms with Gasteiger partial charge in [-0.25, -0.2) is 18.4 Å². The second kappa shape index (κ2) is 21.2. The van der Waals surface area contributed by atoms with Gasteiger partial charge in [-0.3, -0.25) is 19.4 Å². The minimum absolute atomic E-state index is 0.0165. The van der Waals surface area contributed by atoms with Crippen molar-refractivity contribution in [3.05, 3.63) is 131 Å². The number of halogens is 8. The molecule has 0 atom stereocenters. The minimum Gasteiger partial charge on any atom is -0.413 e. The summed E-state index contributed by atoms with van der Waals surface area (Å²) in [6.45, 7) is 1.46. The summed E-state index contributed by atoms with van der Waals surface area (Å²) in [5, 5.41) is 7.77. The number of ketones is 1. The molecule has 344 valence electrons. The number of likely N-dealkylation sites (tertiary alicyclic amines) is 2. The average molecular weight is 914 g/mol. The first-order valence-corrected chi connectivity index (χ1v) is 20.6. The summed E-state index contributed by atoms with van der Waals surface area (Å²) in [5.74, 6) is -6.53. The molecule has 0 spiro atoms. The molecule has 20 heteroatoms. The number of Topliss-reactive ketones (excluding diaryl/α,β-unsaturated/α-hetero) is 1. The van der Waals surface area contributed by atoms with Gasteiger partial charge in [-0.15, -0.1) is 10.2 Å². The molecule has 0 aliphatic carbocycles. The summed E-state index contributed by atoms with van der Waals surface area (Å²) in [6.07, 6.45) is -4.16. The fourth-order valence-electron chi connectivity index (χ4n) is 7.08. The molecule has 0 radical (unpaired) electrons. The number of carbonyl (C=O) groups is 4. The highest BCUT2D eigenvalue weighted by Gasteiger charge is 2.39. The summed E-state index contributed by atoms with van der Waals surface area (Å²) in [4.78, 5) is 55.7. The highest BCUT2D eigenvalue weighted by Crippen LogP contribution is 2.32. The van der Waals surface area contributed by atoms with Crippen LogP contribution in [0.25, 0.3) is 11.5 Å². The van der Waals surface area contributed by atoms with Crippen LogP contribution in [0, 0.1) is 11.6 Å². The molecular formula is C45H43F8N7O5. The SMILES string of the molecule is O=C(CNC(=O)C(F)(F)F)c1ccc(CN(C(=O)N2CCCCC2)c2ccccc2)c(F)c1.O=C(N1CCCCC1)N(Cc1ccc(-c2nnc(C(F)(F)F)o2)cc1F)c1ccccc1. The molecule has 12 nitrogen and oxygen atoms in total. The lowest BCUT2D eigenvalue weighted by Gasteiger charge is -2.33. The molecule has 7 rings (SSSR count). The maximum absolute atomic E-state index is 14.9. The van der Waals surface area contributed by atoms with Crippen LogP contribution in [0.1, 0.15) is 65.9 Å². The molecule has 2 saturated heterocycles. The molecule has 1 N–H and O–H groups in total. The Morgan fingerprint density at radius 2 is 1.09 bits per heavy atom. The normalized spacial score (nSPS) is 14.2. The van der Waals surface area contributed by atoms with Gasteiger partial charge in [-0.2, -0.15) is 26.3 Å². The number of benzene rings is 4. The molecule has 3 heterocycles. The van der Waals surface area contributed by atoms with E-state index >= 15 is 0 Å². The number of urea groups is 2. The number of nitrogens with zero attached hydrogens (tertiary/aromatic N) is 6. The molecule has 65 heavy (non-hydrogen) atoms. The van der Waals surface area contributed by atoms with E-state index in [2.05, 4.69) is 14.6 Å². The number of para-hydroxylation sites is 2. The molecule has 0 saturated carbocycles. The Morgan fingerprint density at radius 3 is 1.52 bits per heavy atom. The van der Waals surface area contributed by atoms with Gasteiger partial charge in [-0.05, 0) is 81.0 Å². The van der Waals surface area contributed by atoms with Crippen molar-refractivity contribution in [3.8, 4) is 11.5 Å². The van der Waals surface area contributed by atoms with Gasteiger partial charge >= 0.3 is 36.2 Å². The van der Waals surface area contributed by atoms with Crippen LogP contribution in [0.4, 0.5) is 56.1 Å². The van der Waals surface area contributed by atoms with Crippen molar-refractivity contribution >= 4 is 35.1 Å². The molecule has 5 amide bonds. The number of aromatic nitrogens is 2. The van der Waals surface area contributed by atoms with E-state index < -0.39 is 54.0 Å². The second-order valence-corrected chi connectivity index (χ2v) is 15.1. The van der Waals surface area contributed by atoms with Crippen LogP contribution in [0.3, 0.4) is 0 Å². The Morgan fingerprint density at radius 1 is 0.615 bits per heavy atom. The average Bonchev–Trinajstić information content (AvgIpc) is 3.82. The van der Waals surface area contributed by atoms with Crippen LogP contribution < -0.4 is 15.1 Å². The predicted octanol–water partition coefficient (Wildman–Crippen LogP) is 9.81. The van der Waals surface area contributed by atoms with Gasteiger partial charge < -0.3 is 19.5 Å². The molecule has 2 aliphatic heterocycles. The van der Waals surface area contributed by atoms with Crippen molar-refractivity contribution in [3.63, 3.8) is 0 Å². The maximum atomic E-state index is 14.9. The Balaban J connectivity index is 0.000000215. The summed E-state index contributed by atoms with van der Waals surface area (Å²) < 4.78 is 109. The van der Waals surface area contributed by atoms with Crippen LogP contribution in [0.15, 0.2) is 101 Å². The van der Waals surface area contributed by atoms with Crippen molar-refractivity contribution in [1.82, 2.24) is 25.3 Å². The molecule has 4 aromatic carbocycles. The summed E-state index contributed by atoms with van der Waals surface area (Å²) in [6, 6.07) is 24.6. The van der Waals surface area contributed by atoms with Gasteiger partial charge in [0.15, 0.2) is 5.78 Å². The maximum Gasteiger partial charge on any atom is 0.471 e. The van der Waals surface area contributed by atoms with E-state index in [0.29, 0.717) is 37.6 Å². The molecule has 0 unspecified atom stereocenters. The molecule has 0 bridgehead atoms. The van der Waals surface area contributed by atoms with Crippen LogP contribution in [0.2, 0.25) is 0 Å². The van der Waals surface area contributed by atoms with E-state index in [1.165, 1.54) is 39.4 Å². The van der Waals surface area contributed by atoms with Crippen LogP contribution >= 0.6 is 0 Å². The third-order valence-electron chi connectivity index (χ3n) is 10.5. The van der Waals surface area contributed by atoms with Gasteiger partial charge in [0.25, 0.3) is 0 Å². The van der Waals surface area contributed by atoms with Crippen LogP contribution in [-0.4, -0.2) is 82.6 Å². The van der Waals surface area contributed by atoms with E-state index in [1.807, 2.05) is 6.07 Å². The van der Waals surface area contributed by atoms with Crippen molar-refractivity contribution in [2.24, 2.45) is 0 Å². The zero-order chi connectivity index (χ0) is 46.7. The zero-order valence-corrected chi connectivity index (χ0v) is 34.7. The molecule has 5 aromatic rings. The third-order valence-corrected chi connectivity index (χ3v) is 10.5. The number of amides is 5. The van der Waals surface area contributed by atoms with Crippen molar-refractivity contribution in [1.29, 1.82) is 0 Å². The number of piperidine rings is 2. The van der Waals surface area contributed by atoms with E-state index in [1.54, 1.807) is 64.4 Å². The van der Waals surface area contributed by atoms with Gasteiger partial charge in [0.2, 0.25) is 5.89 Å².